The van der Waals surface area contributed by atoms with E-state index in [1.54, 1.807) is 24.3 Å². The van der Waals surface area contributed by atoms with Crippen molar-refractivity contribution in [3.63, 3.8) is 0 Å². The van der Waals surface area contributed by atoms with Crippen molar-refractivity contribution in [3.05, 3.63) is 70.3 Å². The topological polar surface area (TPSA) is 89.7 Å². The van der Waals surface area contributed by atoms with Crippen LogP contribution in [0.2, 0.25) is 0 Å². The third-order valence-electron chi connectivity index (χ3n) is 2.58. The lowest BCUT2D eigenvalue weighted by Gasteiger charge is -2.05. The fourth-order valence-electron chi connectivity index (χ4n) is 1.59. The van der Waals surface area contributed by atoms with Crippen molar-refractivity contribution in [3.8, 4) is 11.5 Å². The van der Waals surface area contributed by atoms with E-state index in [1.807, 2.05) is 0 Å². The highest BCUT2D eigenvalue weighted by Gasteiger charge is 2.04. The molecular formula is C15H11NO5. The van der Waals surface area contributed by atoms with Gasteiger partial charge in [-0.15, -0.1) is 0 Å². The normalized spacial score (nSPS) is 10.5. The lowest BCUT2D eigenvalue weighted by atomic mass is 10.2. The minimum atomic E-state index is -1.01. The molecule has 21 heavy (non-hydrogen) atoms. The molecule has 0 aliphatic rings. The number of hydrogen-bond donors (Lipinski definition) is 1. The number of carboxylic acids is 1. The van der Waals surface area contributed by atoms with Gasteiger partial charge in [0.2, 0.25) is 0 Å². The van der Waals surface area contributed by atoms with Gasteiger partial charge in [-0.05, 0) is 35.9 Å². The Hall–Kier alpha value is -3.15. The summed E-state index contributed by atoms with van der Waals surface area (Å²) in [5, 5.41) is 19.1. The maximum atomic E-state index is 10.5. The number of nitro benzene ring substituents is 1. The smallest absolute Gasteiger partial charge is 0.328 e. The summed E-state index contributed by atoms with van der Waals surface area (Å²) in [6, 6.07) is 12.5. The Kier molecular flexibility index (Phi) is 4.30. The van der Waals surface area contributed by atoms with Crippen LogP contribution < -0.4 is 4.74 Å². The summed E-state index contributed by atoms with van der Waals surface area (Å²) in [4.78, 5) is 20.5. The van der Waals surface area contributed by atoms with Gasteiger partial charge < -0.3 is 9.84 Å². The molecule has 0 aromatic heterocycles. The molecule has 0 heterocycles. The van der Waals surface area contributed by atoms with E-state index in [4.69, 9.17) is 9.84 Å². The van der Waals surface area contributed by atoms with Gasteiger partial charge in [-0.3, -0.25) is 10.1 Å². The Bertz CT molecular complexity index is 674. The summed E-state index contributed by atoms with van der Waals surface area (Å²) < 4.78 is 5.53. The fraction of sp³-hybridized carbons (Fsp3) is 0. The summed E-state index contributed by atoms with van der Waals surface area (Å²) in [6.45, 7) is 0. The highest BCUT2D eigenvalue weighted by Crippen LogP contribution is 2.24. The molecule has 2 rings (SSSR count). The second kappa shape index (κ2) is 6.33. The molecule has 0 spiro atoms. The number of ether oxygens (including phenoxy) is 1. The van der Waals surface area contributed by atoms with Gasteiger partial charge >= 0.3 is 5.97 Å². The zero-order chi connectivity index (χ0) is 15.2. The zero-order valence-electron chi connectivity index (χ0n) is 10.8. The van der Waals surface area contributed by atoms with E-state index in [2.05, 4.69) is 0 Å². The van der Waals surface area contributed by atoms with Gasteiger partial charge in [0.25, 0.3) is 5.69 Å². The standard InChI is InChI=1S/C15H11NO5/c17-15(18)10-3-11-1-6-13(7-2-11)21-14-8-4-12(5-9-14)16(19)20/h1-10H,(H,17,18)/b10-3+. The molecule has 0 amide bonds. The summed E-state index contributed by atoms with van der Waals surface area (Å²) in [5.74, 6) is 0.0203. The minimum absolute atomic E-state index is 0.00324. The van der Waals surface area contributed by atoms with Crippen molar-refractivity contribution < 1.29 is 19.6 Å². The Balaban J connectivity index is 2.06. The van der Waals surface area contributed by atoms with Gasteiger partial charge in [0.1, 0.15) is 11.5 Å². The molecule has 0 saturated heterocycles. The number of hydrogen-bond acceptors (Lipinski definition) is 4. The first-order valence-electron chi connectivity index (χ1n) is 5.98. The van der Waals surface area contributed by atoms with Crippen LogP contribution in [0.3, 0.4) is 0 Å². The van der Waals surface area contributed by atoms with Gasteiger partial charge in [0.05, 0.1) is 4.92 Å². The number of nitrogens with zero attached hydrogens (tertiary/aromatic N) is 1. The van der Waals surface area contributed by atoms with E-state index < -0.39 is 10.9 Å². The number of nitro groups is 1. The zero-order valence-corrected chi connectivity index (χ0v) is 10.8. The van der Waals surface area contributed by atoms with Gasteiger partial charge in [0, 0.05) is 18.2 Å². The summed E-state index contributed by atoms with van der Waals surface area (Å²) in [5.41, 5.74) is 0.727. The first-order chi connectivity index (χ1) is 10.0. The van der Waals surface area contributed by atoms with Crippen LogP contribution in [0.5, 0.6) is 11.5 Å². The number of carboxylic acid groups (broad SMARTS) is 1. The molecule has 0 atom stereocenters. The van der Waals surface area contributed by atoms with Crippen molar-refractivity contribution in [1.29, 1.82) is 0 Å². The SMILES string of the molecule is O=C(O)/C=C/c1ccc(Oc2ccc([N+](=O)[O-])cc2)cc1. The highest BCUT2D eigenvalue weighted by atomic mass is 16.6. The molecule has 2 aromatic rings. The Morgan fingerprint density at radius 3 is 2.05 bits per heavy atom. The van der Waals surface area contributed by atoms with Crippen LogP contribution in [0.4, 0.5) is 5.69 Å². The van der Waals surface area contributed by atoms with Gasteiger partial charge in [-0.1, -0.05) is 12.1 Å². The average molecular weight is 285 g/mol. The molecule has 6 heteroatoms. The number of aliphatic carboxylic acids is 1. The second-order valence-corrected chi connectivity index (χ2v) is 4.09. The van der Waals surface area contributed by atoms with E-state index >= 15 is 0 Å². The molecular weight excluding hydrogens is 274 g/mol. The molecule has 0 bridgehead atoms. The monoisotopic (exact) mass is 285 g/mol. The van der Waals surface area contributed by atoms with Gasteiger partial charge in [-0.2, -0.15) is 0 Å². The largest absolute Gasteiger partial charge is 0.478 e. The van der Waals surface area contributed by atoms with E-state index in [0.29, 0.717) is 11.5 Å². The maximum absolute atomic E-state index is 10.5. The second-order valence-electron chi connectivity index (χ2n) is 4.09. The van der Waals surface area contributed by atoms with E-state index in [1.165, 1.54) is 30.3 Å². The molecule has 0 unspecified atom stereocenters. The Labute approximate surface area is 120 Å². The molecule has 0 saturated carbocycles. The quantitative estimate of drug-likeness (QED) is 0.516. The van der Waals surface area contributed by atoms with Crippen molar-refractivity contribution in [2.24, 2.45) is 0 Å². The lowest BCUT2D eigenvalue weighted by molar-refractivity contribution is -0.384. The molecule has 106 valence electrons. The molecule has 0 aliphatic carbocycles. The van der Waals surface area contributed by atoms with Crippen LogP contribution in [0, 0.1) is 10.1 Å². The van der Waals surface area contributed by atoms with E-state index in [9.17, 15) is 14.9 Å². The summed E-state index contributed by atoms with van der Waals surface area (Å²) in [7, 11) is 0. The van der Waals surface area contributed by atoms with Crippen molar-refractivity contribution >= 4 is 17.7 Å². The number of benzene rings is 2. The van der Waals surface area contributed by atoms with Crippen LogP contribution in [-0.4, -0.2) is 16.0 Å². The number of non-ortho nitro benzene ring substituents is 1. The van der Waals surface area contributed by atoms with Crippen LogP contribution in [-0.2, 0) is 4.79 Å². The Morgan fingerprint density at radius 2 is 1.57 bits per heavy atom. The summed E-state index contributed by atoms with van der Waals surface area (Å²) >= 11 is 0. The minimum Gasteiger partial charge on any atom is -0.478 e. The number of carbonyl (C=O) groups is 1. The van der Waals surface area contributed by atoms with Crippen molar-refractivity contribution in [2.45, 2.75) is 0 Å². The Morgan fingerprint density at radius 1 is 1.05 bits per heavy atom. The third-order valence-corrected chi connectivity index (χ3v) is 2.58. The van der Waals surface area contributed by atoms with E-state index in [-0.39, 0.29) is 5.69 Å². The van der Waals surface area contributed by atoms with Crippen molar-refractivity contribution in [1.82, 2.24) is 0 Å². The molecule has 0 radical (unpaired) electrons. The highest BCUT2D eigenvalue weighted by molar-refractivity contribution is 5.85. The average Bonchev–Trinajstić information content (AvgIpc) is 2.47. The molecule has 0 fully saturated rings. The van der Waals surface area contributed by atoms with Crippen LogP contribution >= 0.6 is 0 Å². The van der Waals surface area contributed by atoms with Gasteiger partial charge in [-0.25, -0.2) is 4.79 Å². The third kappa shape index (κ3) is 4.17. The predicted molar refractivity (Wildman–Crippen MR) is 76.3 cm³/mol. The first-order valence-corrected chi connectivity index (χ1v) is 5.98. The summed E-state index contributed by atoms with van der Waals surface area (Å²) in [6.07, 6.45) is 2.52. The molecule has 6 nitrogen and oxygen atoms in total. The predicted octanol–water partition coefficient (Wildman–Crippen LogP) is 3.48. The molecule has 1 N–H and O–H groups in total. The molecule has 0 aliphatic heterocycles. The molecule has 2 aromatic carbocycles. The van der Waals surface area contributed by atoms with Crippen LogP contribution in [0.15, 0.2) is 54.6 Å². The maximum Gasteiger partial charge on any atom is 0.328 e. The van der Waals surface area contributed by atoms with Crippen LogP contribution in [0.1, 0.15) is 5.56 Å². The van der Waals surface area contributed by atoms with Crippen LogP contribution in [0.25, 0.3) is 6.08 Å². The van der Waals surface area contributed by atoms with E-state index in [0.717, 1.165) is 11.6 Å². The first kappa shape index (κ1) is 14.3. The fourth-order valence-corrected chi connectivity index (χ4v) is 1.59. The lowest BCUT2D eigenvalue weighted by Crippen LogP contribution is -1.88. The van der Waals surface area contributed by atoms with Crippen molar-refractivity contribution in [2.75, 3.05) is 0 Å². The number of rotatable bonds is 5. The van der Waals surface area contributed by atoms with Gasteiger partial charge in [0.15, 0.2) is 0 Å².